The number of nitrogens with two attached hydrogens (primary N) is 2. The van der Waals surface area contributed by atoms with Crippen molar-refractivity contribution in [1.29, 1.82) is 0 Å². The van der Waals surface area contributed by atoms with Crippen molar-refractivity contribution in [3.8, 4) is 33.4 Å². The fraction of sp³-hybridized carbons (Fsp3) is 0. The number of nitrogen functional groups attached to an aromatic ring is 2. The molecule has 0 fully saturated rings. The molecule has 0 aliphatic heterocycles. The third kappa shape index (κ3) is 4.66. The molecule has 0 saturated heterocycles. The van der Waals surface area contributed by atoms with E-state index in [1.54, 1.807) is 30.3 Å². The van der Waals surface area contributed by atoms with Gasteiger partial charge in [-0.3, -0.25) is 9.11 Å². The second-order valence-corrected chi connectivity index (χ2v) is 10.4. The number of benzene rings is 4. The van der Waals surface area contributed by atoms with Crippen molar-refractivity contribution in [2.75, 3.05) is 11.5 Å². The van der Waals surface area contributed by atoms with E-state index in [-0.39, 0.29) is 9.79 Å². The summed E-state index contributed by atoms with van der Waals surface area (Å²) < 4.78 is 64.6. The molecule has 34 heavy (non-hydrogen) atoms. The van der Waals surface area contributed by atoms with Gasteiger partial charge in [-0.25, -0.2) is 0 Å². The molecule has 0 amide bonds. The van der Waals surface area contributed by atoms with Crippen LogP contribution in [0.25, 0.3) is 33.4 Å². The summed E-state index contributed by atoms with van der Waals surface area (Å²) in [4.78, 5) is -0.517. The van der Waals surface area contributed by atoms with Gasteiger partial charge in [0.25, 0.3) is 20.2 Å². The standard InChI is InChI=1S/C24H20N2O6S2/c25-18-7-1-15(2-8-18)21-13-14-22(26)24(17-5-11-20(12-6-17)34(30,31)32)23(21)16-3-9-19(10-4-16)33(27,28)29/h1-14H,25-26H2,(H,27,28,29)(H,30,31,32). The molecule has 0 aliphatic rings. The van der Waals surface area contributed by atoms with Gasteiger partial charge in [0.05, 0.1) is 9.79 Å². The summed E-state index contributed by atoms with van der Waals surface area (Å²) in [6.07, 6.45) is 0. The zero-order valence-corrected chi connectivity index (χ0v) is 19.2. The number of hydrogen-bond acceptors (Lipinski definition) is 6. The summed E-state index contributed by atoms with van der Waals surface area (Å²) in [5.74, 6) is 0. The van der Waals surface area contributed by atoms with Crippen molar-refractivity contribution in [3.05, 3.63) is 84.9 Å². The topological polar surface area (TPSA) is 161 Å². The van der Waals surface area contributed by atoms with Crippen LogP contribution >= 0.6 is 0 Å². The second kappa shape index (κ2) is 8.58. The van der Waals surface area contributed by atoms with Crippen molar-refractivity contribution < 1.29 is 25.9 Å². The minimum atomic E-state index is -4.38. The van der Waals surface area contributed by atoms with Gasteiger partial charge in [-0.1, -0.05) is 42.5 Å². The van der Waals surface area contributed by atoms with Crippen LogP contribution in [0.4, 0.5) is 11.4 Å². The van der Waals surface area contributed by atoms with Crippen LogP contribution in [0.3, 0.4) is 0 Å². The molecule has 0 unspecified atom stereocenters. The lowest BCUT2D eigenvalue weighted by Crippen LogP contribution is -2.00. The molecule has 0 heterocycles. The van der Waals surface area contributed by atoms with Crippen LogP contribution in [-0.2, 0) is 20.2 Å². The van der Waals surface area contributed by atoms with E-state index < -0.39 is 20.2 Å². The molecule has 6 N–H and O–H groups in total. The molecule has 0 radical (unpaired) electrons. The Bertz CT molecular complexity index is 1580. The lowest BCUT2D eigenvalue weighted by molar-refractivity contribution is 0.481. The quantitative estimate of drug-likeness (QED) is 0.234. The zero-order valence-electron chi connectivity index (χ0n) is 17.6. The molecule has 4 aromatic rings. The van der Waals surface area contributed by atoms with Crippen molar-refractivity contribution in [2.24, 2.45) is 0 Å². The lowest BCUT2D eigenvalue weighted by atomic mass is 9.86. The highest BCUT2D eigenvalue weighted by Crippen LogP contribution is 2.43. The SMILES string of the molecule is Nc1ccc(-c2ccc(N)c(-c3ccc(S(=O)(=O)O)cc3)c2-c2ccc(S(=O)(=O)O)cc2)cc1. The minimum Gasteiger partial charge on any atom is -0.399 e. The Morgan fingerprint density at radius 1 is 0.500 bits per heavy atom. The molecule has 0 atom stereocenters. The zero-order chi connectivity index (χ0) is 24.7. The molecule has 4 aromatic carbocycles. The smallest absolute Gasteiger partial charge is 0.294 e. The molecule has 8 nitrogen and oxygen atoms in total. The number of rotatable bonds is 5. The van der Waals surface area contributed by atoms with E-state index in [0.29, 0.717) is 33.6 Å². The molecule has 0 spiro atoms. The van der Waals surface area contributed by atoms with Crippen LogP contribution in [0.1, 0.15) is 0 Å². The lowest BCUT2D eigenvalue weighted by Gasteiger charge is -2.19. The van der Waals surface area contributed by atoms with E-state index >= 15 is 0 Å². The van der Waals surface area contributed by atoms with Gasteiger partial charge < -0.3 is 11.5 Å². The van der Waals surface area contributed by atoms with Gasteiger partial charge in [-0.05, 0) is 70.3 Å². The molecule has 10 heteroatoms. The highest BCUT2D eigenvalue weighted by atomic mass is 32.2. The molecular formula is C24H20N2O6S2. The minimum absolute atomic E-state index is 0.256. The Balaban J connectivity index is 2.01. The monoisotopic (exact) mass is 496 g/mol. The average Bonchev–Trinajstić information content (AvgIpc) is 2.78. The first kappa shape index (κ1) is 23.5. The van der Waals surface area contributed by atoms with Crippen LogP contribution in [0.15, 0.2) is 94.7 Å². The van der Waals surface area contributed by atoms with E-state index in [0.717, 1.165) is 11.1 Å². The predicted octanol–water partition coefficient (Wildman–Crippen LogP) is 4.35. The van der Waals surface area contributed by atoms with Gasteiger partial charge in [0.15, 0.2) is 0 Å². The van der Waals surface area contributed by atoms with E-state index in [9.17, 15) is 25.9 Å². The van der Waals surface area contributed by atoms with E-state index in [4.69, 9.17) is 11.5 Å². The van der Waals surface area contributed by atoms with Crippen LogP contribution in [0, 0.1) is 0 Å². The predicted molar refractivity (Wildman–Crippen MR) is 131 cm³/mol. The maximum absolute atomic E-state index is 11.5. The van der Waals surface area contributed by atoms with Gasteiger partial charge in [-0.2, -0.15) is 16.8 Å². The van der Waals surface area contributed by atoms with E-state index in [1.807, 2.05) is 18.2 Å². The number of anilines is 2. The van der Waals surface area contributed by atoms with Gasteiger partial charge in [0, 0.05) is 16.9 Å². The highest BCUT2D eigenvalue weighted by molar-refractivity contribution is 7.86. The van der Waals surface area contributed by atoms with Crippen molar-refractivity contribution in [3.63, 3.8) is 0 Å². The molecule has 0 aliphatic carbocycles. The van der Waals surface area contributed by atoms with Crippen LogP contribution < -0.4 is 11.5 Å². The maximum Gasteiger partial charge on any atom is 0.294 e. The summed E-state index contributed by atoms with van der Waals surface area (Å²) in [6, 6.07) is 22.0. The first-order valence-electron chi connectivity index (χ1n) is 9.89. The third-order valence-electron chi connectivity index (χ3n) is 5.34. The highest BCUT2D eigenvalue weighted by Gasteiger charge is 2.19. The molecular weight excluding hydrogens is 476 g/mol. The Morgan fingerprint density at radius 3 is 1.35 bits per heavy atom. The first-order chi connectivity index (χ1) is 15.9. The van der Waals surface area contributed by atoms with Crippen LogP contribution in [0.5, 0.6) is 0 Å². The Morgan fingerprint density at radius 2 is 0.912 bits per heavy atom. The van der Waals surface area contributed by atoms with Gasteiger partial charge in [0.2, 0.25) is 0 Å². The molecule has 4 rings (SSSR count). The third-order valence-corrected chi connectivity index (χ3v) is 7.08. The maximum atomic E-state index is 11.5. The van der Waals surface area contributed by atoms with Crippen LogP contribution in [-0.4, -0.2) is 25.9 Å². The Labute approximate surface area is 197 Å². The summed E-state index contributed by atoms with van der Waals surface area (Å²) in [5, 5.41) is 0. The van der Waals surface area contributed by atoms with Crippen LogP contribution in [0.2, 0.25) is 0 Å². The fourth-order valence-corrected chi connectivity index (χ4v) is 4.68. The van der Waals surface area contributed by atoms with Crippen molar-refractivity contribution in [1.82, 2.24) is 0 Å². The molecule has 174 valence electrons. The van der Waals surface area contributed by atoms with Crippen molar-refractivity contribution >= 4 is 31.6 Å². The largest absolute Gasteiger partial charge is 0.399 e. The summed E-state index contributed by atoms with van der Waals surface area (Å²) in [7, 11) is -8.75. The van der Waals surface area contributed by atoms with Crippen molar-refractivity contribution in [2.45, 2.75) is 9.79 Å². The fourth-order valence-electron chi connectivity index (χ4n) is 3.72. The second-order valence-electron chi connectivity index (χ2n) is 7.57. The molecule has 0 saturated carbocycles. The number of hydrogen-bond donors (Lipinski definition) is 4. The van der Waals surface area contributed by atoms with E-state index in [1.165, 1.54) is 36.4 Å². The summed E-state index contributed by atoms with van der Waals surface area (Å²) >= 11 is 0. The normalized spacial score (nSPS) is 11.9. The van der Waals surface area contributed by atoms with Gasteiger partial charge in [0.1, 0.15) is 0 Å². The first-order valence-corrected chi connectivity index (χ1v) is 12.8. The Hall–Kier alpha value is -3.70. The molecule has 0 aromatic heterocycles. The average molecular weight is 497 g/mol. The Kier molecular flexibility index (Phi) is 5.92. The van der Waals surface area contributed by atoms with Gasteiger partial charge in [-0.15, -0.1) is 0 Å². The molecule has 0 bridgehead atoms. The summed E-state index contributed by atoms with van der Waals surface area (Å²) in [5.41, 5.74) is 17.2. The van der Waals surface area contributed by atoms with E-state index in [2.05, 4.69) is 0 Å². The summed E-state index contributed by atoms with van der Waals surface area (Å²) in [6.45, 7) is 0. The van der Waals surface area contributed by atoms with Gasteiger partial charge >= 0.3 is 0 Å².